The third kappa shape index (κ3) is 4.44. The normalized spacial score (nSPS) is 16.8. The van der Waals surface area contributed by atoms with Crippen molar-refractivity contribution in [3.63, 3.8) is 0 Å². The molecule has 2 heteroatoms. The second kappa shape index (κ2) is 5.96. The van der Waals surface area contributed by atoms with Crippen LogP contribution in [0.15, 0.2) is 0 Å². The topological polar surface area (TPSA) is 0 Å². The van der Waals surface area contributed by atoms with E-state index in [9.17, 15) is 0 Å². The first-order valence-electron chi connectivity index (χ1n) is 5.00. The van der Waals surface area contributed by atoms with E-state index in [1.807, 2.05) is 0 Å². The molecule has 0 heterocycles. The Bertz CT molecular complexity index is 141. The van der Waals surface area contributed by atoms with E-state index in [0.717, 1.165) is 16.4 Å². The van der Waals surface area contributed by atoms with Gasteiger partial charge >= 0.3 is 80.9 Å². The molecule has 0 rings (SSSR count). The molecule has 0 aromatic carbocycles. The third-order valence-corrected chi connectivity index (χ3v) is 4.82. The summed E-state index contributed by atoms with van der Waals surface area (Å²) in [6.07, 6.45) is 2.64. The third-order valence-electron chi connectivity index (χ3n) is 2.22. The van der Waals surface area contributed by atoms with Crippen LogP contribution in [0.4, 0.5) is 0 Å². The van der Waals surface area contributed by atoms with Crippen molar-refractivity contribution in [2.75, 3.05) is 0 Å². The Morgan fingerprint density at radius 3 is 1.92 bits per heavy atom. The first-order chi connectivity index (χ1) is 5.49. The van der Waals surface area contributed by atoms with Gasteiger partial charge in [-0.3, -0.25) is 0 Å². The summed E-state index contributed by atoms with van der Waals surface area (Å²) in [7, 11) is 0.370. The van der Waals surface area contributed by atoms with Gasteiger partial charge in [-0.2, -0.15) is 0 Å². The summed E-state index contributed by atoms with van der Waals surface area (Å²) in [6.45, 7) is 15.8. The van der Waals surface area contributed by atoms with Crippen LogP contribution in [0.5, 0.6) is 0 Å². The van der Waals surface area contributed by atoms with Gasteiger partial charge in [0.05, 0.1) is 0 Å². The van der Waals surface area contributed by atoms with Crippen molar-refractivity contribution >= 4 is 17.0 Å². The van der Waals surface area contributed by atoms with Crippen molar-refractivity contribution in [3.8, 4) is 0 Å². The average molecular weight is 186 g/mol. The molecule has 2 unspecified atom stereocenters. The summed E-state index contributed by atoms with van der Waals surface area (Å²) in [5, 5.41) is 1.61. The second-order valence-corrected chi connectivity index (χ2v) is 6.73. The summed E-state index contributed by atoms with van der Waals surface area (Å²) < 4.78 is 0. The molecular weight excluding hydrogens is 163 g/mol. The number of hydrogen-bond acceptors (Lipinski definition) is 0. The SMILES string of the molecule is B=S(C(C)C)C(CC)CC(C)C. The van der Waals surface area contributed by atoms with Gasteiger partial charge in [-0.05, 0) is 0 Å². The molecule has 0 aromatic heterocycles. The monoisotopic (exact) mass is 186 g/mol. The van der Waals surface area contributed by atoms with Gasteiger partial charge in [0.25, 0.3) is 0 Å². The first kappa shape index (κ1) is 12.4. The van der Waals surface area contributed by atoms with Crippen molar-refractivity contribution in [1.29, 1.82) is 0 Å². The van der Waals surface area contributed by atoms with Crippen molar-refractivity contribution in [1.82, 2.24) is 0 Å². The zero-order valence-electron chi connectivity index (χ0n) is 9.26. The van der Waals surface area contributed by atoms with Crippen LogP contribution in [0.2, 0.25) is 0 Å². The van der Waals surface area contributed by atoms with Crippen LogP contribution in [0.1, 0.15) is 47.5 Å². The van der Waals surface area contributed by atoms with E-state index in [1.165, 1.54) is 12.8 Å². The van der Waals surface area contributed by atoms with Crippen LogP contribution in [-0.2, 0) is 0 Å². The number of hydrogen-bond donors (Lipinski definition) is 0. The molecule has 0 aliphatic carbocycles. The molecule has 0 spiro atoms. The van der Waals surface area contributed by atoms with Crippen LogP contribution in [0.3, 0.4) is 0 Å². The quantitative estimate of drug-likeness (QED) is 0.578. The van der Waals surface area contributed by atoms with Gasteiger partial charge in [-0.1, -0.05) is 0 Å². The molecule has 0 saturated carbocycles. The molecule has 2 atom stereocenters. The van der Waals surface area contributed by atoms with Crippen LogP contribution < -0.4 is 0 Å². The molecule has 0 fully saturated rings. The summed E-state index contributed by atoms with van der Waals surface area (Å²) in [5.41, 5.74) is 0. The fourth-order valence-electron chi connectivity index (χ4n) is 1.42. The minimum absolute atomic E-state index is 0.370. The van der Waals surface area contributed by atoms with Gasteiger partial charge in [0.2, 0.25) is 0 Å². The molecule has 0 amide bonds. The van der Waals surface area contributed by atoms with E-state index < -0.39 is 0 Å². The van der Waals surface area contributed by atoms with E-state index >= 15 is 0 Å². The van der Waals surface area contributed by atoms with E-state index in [0.29, 0.717) is 10.3 Å². The van der Waals surface area contributed by atoms with Crippen LogP contribution >= 0.6 is 10.3 Å². The average Bonchev–Trinajstić information content (AvgIpc) is 1.98. The van der Waals surface area contributed by atoms with E-state index in [4.69, 9.17) is 0 Å². The first-order valence-corrected chi connectivity index (χ1v) is 6.52. The summed E-state index contributed by atoms with van der Waals surface area (Å²) in [5.74, 6) is 0.824. The zero-order valence-corrected chi connectivity index (χ0v) is 10.1. The standard InChI is InChI=1S/C10H23BS/c1-6-10(7-8(2)3)12(11)9(4)5/h8-11H,6-7H2,1-5H3. The molecule has 0 nitrogen and oxygen atoms in total. The predicted molar refractivity (Wildman–Crippen MR) is 63.4 cm³/mol. The van der Waals surface area contributed by atoms with Gasteiger partial charge < -0.3 is 0 Å². The van der Waals surface area contributed by atoms with Crippen molar-refractivity contribution < 1.29 is 0 Å². The Balaban J connectivity index is 4.06. The minimum atomic E-state index is 0.370. The Morgan fingerprint density at radius 2 is 1.67 bits per heavy atom. The summed E-state index contributed by atoms with van der Waals surface area (Å²) >= 11 is 0. The fourth-order valence-corrected chi connectivity index (χ4v) is 3.25. The van der Waals surface area contributed by atoms with E-state index in [1.54, 1.807) is 0 Å². The van der Waals surface area contributed by atoms with E-state index in [2.05, 4.69) is 41.3 Å². The Morgan fingerprint density at radius 1 is 1.17 bits per heavy atom. The maximum absolute atomic E-state index is 4.29. The second-order valence-electron chi connectivity index (χ2n) is 4.18. The predicted octanol–water partition coefficient (Wildman–Crippen LogP) is 3.30. The Labute approximate surface area is 81.3 Å². The molecule has 72 valence electrons. The molecule has 0 saturated heterocycles. The zero-order chi connectivity index (χ0) is 9.72. The van der Waals surface area contributed by atoms with Crippen LogP contribution in [0, 0.1) is 5.92 Å². The van der Waals surface area contributed by atoms with Crippen molar-refractivity contribution in [2.24, 2.45) is 5.92 Å². The van der Waals surface area contributed by atoms with Gasteiger partial charge in [0.1, 0.15) is 0 Å². The molecule has 0 N–H and O–H groups in total. The summed E-state index contributed by atoms with van der Waals surface area (Å²) in [6, 6.07) is 0. The fraction of sp³-hybridized carbons (Fsp3) is 1.00. The molecular formula is C10H23BS. The van der Waals surface area contributed by atoms with Gasteiger partial charge in [-0.25, -0.2) is 0 Å². The Kier molecular flexibility index (Phi) is 6.16. The maximum atomic E-state index is 4.29. The van der Waals surface area contributed by atoms with E-state index in [-0.39, 0.29) is 0 Å². The number of rotatable bonds is 5. The van der Waals surface area contributed by atoms with Gasteiger partial charge in [0.15, 0.2) is 0 Å². The molecule has 0 bridgehead atoms. The van der Waals surface area contributed by atoms with Crippen LogP contribution in [0.25, 0.3) is 0 Å². The molecule has 0 radical (unpaired) electrons. The van der Waals surface area contributed by atoms with Gasteiger partial charge in [0, 0.05) is 0 Å². The van der Waals surface area contributed by atoms with Crippen molar-refractivity contribution in [2.45, 2.75) is 58.0 Å². The van der Waals surface area contributed by atoms with Gasteiger partial charge in [-0.15, -0.1) is 0 Å². The molecule has 0 aliphatic heterocycles. The molecule has 0 aromatic rings. The summed E-state index contributed by atoms with van der Waals surface area (Å²) in [4.78, 5) is 0. The van der Waals surface area contributed by atoms with Crippen LogP contribution in [-0.4, -0.2) is 17.2 Å². The molecule has 12 heavy (non-hydrogen) atoms. The Hall–Kier alpha value is 0.415. The molecule has 0 aliphatic rings. The van der Waals surface area contributed by atoms with Crippen molar-refractivity contribution in [3.05, 3.63) is 0 Å².